The van der Waals surface area contributed by atoms with Crippen LogP contribution in [0.15, 0.2) is 24.3 Å². The molecule has 0 saturated heterocycles. The second-order valence-corrected chi connectivity index (χ2v) is 3.92. The lowest BCUT2D eigenvalue weighted by molar-refractivity contribution is -0.189. The number of alkyl halides is 2. The number of carbonyl (C=O) groups is 1. The van der Waals surface area contributed by atoms with Crippen molar-refractivity contribution in [2.75, 3.05) is 13.7 Å². The zero-order valence-corrected chi connectivity index (χ0v) is 10.7. The number of hydrogen-bond acceptors (Lipinski definition) is 4. The van der Waals surface area contributed by atoms with Gasteiger partial charge in [-0.05, 0) is 18.1 Å². The molecule has 0 aliphatic rings. The van der Waals surface area contributed by atoms with Crippen LogP contribution in [0.25, 0.3) is 0 Å². The van der Waals surface area contributed by atoms with Crippen molar-refractivity contribution in [3.63, 3.8) is 0 Å². The maximum Gasteiger partial charge on any atom is 0.380 e. The van der Waals surface area contributed by atoms with Gasteiger partial charge in [0.2, 0.25) is 0 Å². The predicted octanol–water partition coefficient (Wildman–Crippen LogP) is 2.06. The van der Waals surface area contributed by atoms with Crippen LogP contribution in [0.4, 0.5) is 8.78 Å². The van der Waals surface area contributed by atoms with E-state index in [0.717, 1.165) is 5.56 Å². The van der Waals surface area contributed by atoms with E-state index in [9.17, 15) is 18.7 Å². The third-order valence-electron chi connectivity index (χ3n) is 2.50. The monoisotopic (exact) mass is 274 g/mol. The fourth-order valence-electron chi connectivity index (χ4n) is 1.51. The Kier molecular flexibility index (Phi) is 5.38. The van der Waals surface area contributed by atoms with E-state index >= 15 is 0 Å². The van der Waals surface area contributed by atoms with Crippen molar-refractivity contribution >= 4 is 5.97 Å². The Morgan fingerprint density at radius 3 is 2.42 bits per heavy atom. The van der Waals surface area contributed by atoms with Crippen molar-refractivity contribution in [2.24, 2.45) is 0 Å². The number of benzene rings is 1. The Labute approximate surface area is 109 Å². The molecule has 0 spiro atoms. The van der Waals surface area contributed by atoms with E-state index in [-0.39, 0.29) is 12.2 Å². The van der Waals surface area contributed by atoms with Gasteiger partial charge in [-0.15, -0.1) is 0 Å². The van der Waals surface area contributed by atoms with E-state index < -0.39 is 18.0 Å². The molecule has 1 aromatic rings. The summed E-state index contributed by atoms with van der Waals surface area (Å²) in [4.78, 5) is 11.1. The van der Waals surface area contributed by atoms with Crippen molar-refractivity contribution in [1.82, 2.24) is 0 Å². The van der Waals surface area contributed by atoms with Gasteiger partial charge < -0.3 is 14.6 Å². The second kappa shape index (κ2) is 6.58. The van der Waals surface area contributed by atoms with Crippen molar-refractivity contribution in [3.05, 3.63) is 35.4 Å². The van der Waals surface area contributed by atoms with Crippen LogP contribution in [-0.4, -0.2) is 30.7 Å². The molecule has 0 fully saturated rings. The Bertz CT molecular complexity index is 417. The minimum Gasteiger partial charge on any atom is -0.461 e. The van der Waals surface area contributed by atoms with E-state index in [2.05, 4.69) is 4.74 Å². The quantitative estimate of drug-likeness (QED) is 0.807. The first-order valence-corrected chi connectivity index (χ1v) is 5.74. The SMILES string of the molecule is CCOC(=O)C(F)(F)C(O)c1ccc(COC)cc1. The van der Waals surface area contributed by atoms with Gasteiger partial charge >= 0.3 is 11.9 Å². The first kappa shape index (κ1) is 15.5. The number of esters is 1. The summed E-state index contributed by atoms with van der Waals surface area (Å²) in [6.07, 6.45) is -2.23. The molecule has 0 saturated carbocycles. The van der Waals surface area contributed by atoms with Crippen LogP contribution in [0, 0.1) is 0 Å². The van der Waals surface area contributed by atoms with Crippen LogP contribution in [0.3, 0.4) is 0 Å². The largest absolute Gasteiger partial charge is 0.461 e. The van der Waals surface area contributed by atoms with Crippen LogP contribution >= 0.6 is 0 Å². The Hall–Kier alpha value is -1.53. The average molecular weight is 274 g/mol. The highest BCUT2D eigenvalue weighted by Crippen LogP contribution is 2.32. The fraction of sp³-hybridized carbons (Fsp3) is 0.462. The number of methoxy groups -OCH3 is 1. The molecule has 19 heavy (non-hydrogen) atoms. The van der Waals surface area contributed by atoms with E-state index in [4.69, 9.17) is 4.74 Å². The highest BCUT2D eigenvalue weighted by molar-refractivity contribution is 5.78. The van der Waals surface area contributed by atoms with Gasteiger partial charge in [0.25, 0.3) is 0 Å². The maximum atomic E-state index is 13.6. The van der Waals surface area contributed by atoms with E-state index in [1.807, 2.05) is 0 Å². The lowest BCUT2D eigenvalue weighted by atomic mass is 10.0. The van der Waals surface area contributed by atoms with Crippen molar-refractivity contribution < 1.29 is 28.2 Å². The summed E-state index contributed by atoms with van der Waals surface area (Å²) in [5.41, 5.74) is 0.718. The Morgan fingerprint density at radius 1 is 1.37 bits per heavy atom. The molecule has 1 N–H and O–H groups in total. The molecular weight excluding hydrogens is 258 g/mol. The number of carbonyl (C=O) groups excluding carboxylic acids is 1. The number of hydrogen-bond donors (Lipinski definition) is 1. The van der Waals surface area contributed by atoms with Gasteiger partial charge in [-0.25, -0.2) is 4.79 Å². The van der Waals surface area contributed by atoms with Gasteiger partial charge in [0, 0.05) is 7.11 Å². The minimum atomic E-state index is -3.97. The molecule has 0 bridgehead atoms. The Balaban J connectivity index is 2.86. The summed E-state index contributed by atoms with van der Waals surface area (Å²) in [7, 11) is 1.51. The van der Waals surface area contributed by atoms with E-state index in [0.29, 0.717) is 6.61 Å². The molecule has 1 unspecified atom stereocenters. The fourth-order valence-corrected chi connectivity index (χ4v) is 1.51. The predicted molar refractivity (Wildman–Crippen MR) is 63.7 cm³/mol. The average Bonchev–Trinajstić information content (AvgIpc) is 2.39. The molecule has 4 nitrogen and oxygen atoms in total. The second-order valence-electron chi connectivity index (χ2n) is 3.92. The zero-order chi connectivity index (χ0) is 14.5. The first-order chi connectivity index (χ1) is 8.93. The minimum absolute atomic E-state index is 0.0575. The molecule has 0 radical (unpaired) electrons. The molecule has 0 aliphatic carbocycles. The standard InChI is InChI=1S/C13H16F2O4/c1-3-19-12(17)13(14,15)11(16)10-6-4-9(5-7-10)8-18-2/h4-7,11,16H,3,8H2,1-2H3. The van der Waals surface area contributed by atoms with Crippen molar-refractivity contribution in [2.45, 2.75) is 25.6 Å². The molecule has 106 valence electrons. The van der Waals surface area contributed by atoms with Crippen LogP contribution in [0.2, 0.25) is 0 Å². The molecule has 0 heterocycles. The highest BCUT2D eigenvalue weighted by atomic mass is 19.3. The van der Waals surface area contributed by atoms with Crippen molar-refractivity contribution in [1.29, 1.82) is 0 Å². The summed E-state index contributed by atoms with van der Waals surface area (Å²) in [5, 5.41) is 9.58. The maximum absolute atomic E-state index is 13.6. The van der Waals surface area contributed by atoms with Gasteiger partial charge in [-0.2, -0.15) is 8.78 Å². The van der Waals surface area contributed by atoms with Gasteiger partial charge in [0.05, 0.1) is 13.2 Å². The van der Waals surface area contributed by atoms with E-state index in [1.165, 1.54) is 26.2 Å². The smallest absolute Gasteiger partial charge is 0.380 e. The highest BCUT2D eigenvalue weighted by Gasteiger charge is 2.48. The summed E-state index contributed by atoms with van der Waals surface area (Å²) < 4.78 is 36.3. The van der Waals surface area contributed by atoms with Crippen LogP contribution in [-0.2, 0) is 20.9 Å². The summed E-state index contributed by atoms with van der Waals surface area (Å²) in [6.45, 7) is 1.58. The first-order valence-electron chi connectivity index (χ1n) is 5.74. The number of rotatable bonds is 6. The van der Waals surface area contributed by atoms with Gasteiger partial charge in [0.15, 0.2) is 6.10 Å². The molecule has 1 rings (SSSR count). The number of halogens is 2. The molecule has 1 aromatic carbocycles. The molecule has 6 heteroatoms. The topological polar surface area (TPSA) is 55.8 Å². The van der Waals surface area contributed by atoms with Crippen LogP contribution < -0.4 is 0 Å². The lowest BCUT2D eigenvalue weighted by Crippen LogP contribution is -2.37. The molecular formula is C13H16F2O4. The molecule has 0 amide bonds. The molecule has 0 aromatic heterocycles. The normalized spacial score (nSPS) is 13.1. The molecule has 1 atom stereocenters. The van der Waals surface area contributed by atoms with Crippen LogP contribution in [0.5, 0.6) is 0 Å². The number of ether oxygens (including phenoxy) is 2. The number of aliphatic hydroxyl groups excluding tert-OH is 1. The summed E-state index contributed by atoms with van der Waals surface area (Å²) >= 11 is 0. The van der Waals surface area contributed by atoms with E-state index in [1.54, 1.807) is 12.1 Å². The van der Waals surface area contributed by atoms with Crippen molar-refractivity contribution in [3.8, 4) is 0 Å². The third kappa shape index (κ3) is 3.71. The third-order valence-corrected chi connectivity index (χ3v) is 2.50. The summed E-state index contributed by atoms with van der Waals surface area (Å²) in [5.74, 6) is -5.71. The van der Waals surface area contributed by atoms with Gasteiger partial charge in [-0.3, -0.25) is 0 Å². The van der Waals surface area contributed by atoms with Gasteiger partial charge in [-0.1, -0.05) is 24.3 Å². The lowest BCUT2D eigenvalue weighted by Gasteiger charge is -2.21. The van der Waals surface area contributed by atoms with Gasteiger partial charge in [0.1, 0.15) is 0 Å². The molecule has 0 aliphatic heterocycles. The number of aliphatic hydroxyl groups is 1. The Morgan fingerprint density at radius 2 is 1.95 bits per heavy atom. The van der Waals surface area contributed by atoms with Crippen LogP contribution in [0.1, 0.15) is 24.2 Å². The zero-order valence-electron chi connectivity index (χ0n) is 10.7. The summed E-state index contributed by atoms with van der Waals surface area (Å²) in [6, 6.07) is 5.74.